The Hall–Kier alpha value is -1.24. The standard InChI is InChI=1S/C20H28N2O4S/c1-19-3-2-17(24)22(19)15(11-27-19)18(25)26-10-16(23)21-20-7-12-4-13(8-20)6-14(5-12)9-20/h12-15H,2-11H2,1H3,(H,21,23)/t12?,13?,14?,15-,19-,20?/m1/s1. The Morgan fingerprint density at radius 3 is 2.44 bits per heavy atom. The average molecular weight is 393 g/mol. The molecule has 0 aromatic rings. The van der Waals surface area contributed by atoms with Crippen molar-refractivity contribution in [3.63, 3.8) is 0 Å². The Morgan fingerprint density at radius 1 is 1.19 bits per heavy atom. The molecule has 0 aromatic carbocycles. The molecule has 6 fully saturated rings. The van der Waals surface area contributed by atoms with Crippen LogP contribution in [0.15, 0.2) is 0 Å². The second kappa shape index (κ2) is 6.13. The van der Waals surface area contributed by atoms with Crippen molar-refractivity contribution in [2.24, 2.45) is 17.8 Å². The Balaban J connectivity index is 1.17. The number of thioether (sulfide) groups is 1. The third-order valence-electron chi connectivity index (χ3n) is 7.51. The highest BCUT2D eigenvalue weighted by atomic mass is 32.2. The minimum atomic E-state index is -0.553. The Bertz CT molecular complexity index is 660. The van der Waals surface area contributed by atoms with Gasteiger partial charge in [0.05, 0.1) is 4.87 Å². The van der Waals surface area contributed by atoms with Gasteiger partial charge < -0.3 is 15.0 Å². The largest absolute Gasteiger partial charge is 0.454 e. The molecule has 0 aromatic heterocycles. The maximum absolute atomic E-state index is 12.5. The molecule has 0 unspecified atom stereocenters. The van der Waals surface area contributed by atoms with Crippen LogP contribution in [-0.4, -0.2) is 51.5 Å². The fraction of sp³-hybridized carbons (Fsp3) is 0.850. The van der Waals surface area contributed by atoms with E-state index in [2.05, 4.69) is 5.32 Å². The Labute approximate surface area is 164 Å². The summed E-state index contributed by atoms with van der Waals surface area (Å²) in [5.41, 5.74) is -0.0645. The average Bonchev–Trinajstić information content (AvgIpc) is 3.07. The van der Waals surface area contributed by atoms with Crippen molar-refractivity contribution in [1.29, 1.82) is 0 Å². The molecule has 0 spiro atoms. The van der Waals surface area contributed by atoms with Crippen LogP contribution in [0.4, 0.5) is 0 Å². The van der Waals surface area contributed by atoms with Gasteiger partial charge in [0, 0.05) is 17.7 Å². The molecule has 4 saturated carbocycles. The van der Waals surface area contributed by atoms with Gasteiger partial charge in [-0.2, -0.15) is 0 Å². The predicted molar refractivity (Wildman–Crippen MR) is 101 cm³/mol. The first-order chi connectivity index (χ1) is 12.9. The lowest BCUT2D eigenvalue weighted by Gasteiger charge is -2.56. The molecule has 2 heterocycles. The van der Waals surface area contributed by atoms with E-state index in [0.717, 1.165) is 43.4 Å². The molecule has 2 saturated heterocycles. The number of rotatable bonds is 4. The fourth-order valence-corrected chi connectivity index (χ4v) is 8.24. The number of esters is 1. The highest BCUT2D eigenvalue weighted by Crippen LogP contribution is 2.55. The highest BCUT2D eigenvalue weighted by Gasteiger charge is 2.54. The molecule has 2 atom stereocenters. The van der Waals surface area contributed by atoms with Gasteiger partial charge in [-0.15, -0.1) is 11.8 Å². The van der Waals surface area contributed by atoms with Crippen molar-refractivity contribution < 1.29 is 19.1 Å². The quantitative estimate of drug-likeness (QED) is 0.742. The molecule has 6 nitrogen and oxygen atoms in total. The van der Waals surface area contributed by atoms with Crippen LogP contribution in [0.2, 0.25) is 0 Å². The smallest absolute Gasteiger partial charge is 0.330 e. The van der Waals surface area contributed by atoms with Crippen LogP contribution in [0.25, 0.3) is 0 Å². The first-order valence-corrected chi connectivity index (χ1v) is 11.3. The van der Waals surface area contributed by atoms with E-state index in [0.29, 0.717) is 12.2 Å². The number of carbonyl (C=O) groups excluding carboxylic acids is 3. The maximum atomic E-state index is 12.5. The second-order valence-corrected chi connectivity index (χ2v) is 11.1. The molecule has 2 aliphatic heterocycles. The normalized spacial score (nSPS) is 44.5. The van der Waals surface area contributed by atoms with Crippen LogP contribution in [-0.2, 0) is 19.1 Å². The van der Waals surface area contributed by atoms with E-state index in [1.165, 1.54) is 19.3 Å². The number of fused-ring (bicyclic) bond motifs is 1. The summed E-state index contributed by atoms with van der Waals surface area (Å²) in [6.45, 7) is 1.77. The maximum Gasteiger partial charge on any atom is 0.330 e. The zero-order chi connectivity index (χ0) is 18.8. The first kappa shape index (κ1) is 17.8. The molecule has 4 bridgehead atoms. The molecule has 7 heteroatoms. The number of nitrogens with zero attached hydrogens (tertiary/aromatic N) is 1. The topological polar surface area (TPSA) is 75.7 Å². The Morgan fingerprint density at radius 2 is 1.81 bits per heavy atom. The van der Waals surface area contributed by atoms with Crippen molar-refractivity contribution in [2.75, 3.05) is 12.4 Å². The third kappa shape index (κ3) is 2.97. The molecule has 0 radical (unpaired) electrons. The fourth-order valence-electron chi connectivity index (χ4n) is 6.82. The summed E-state index contributed by atoms with van der Waals surface area (Å²) < 4.78 is 5.35. The van der Waals surface area contributed by atoms with Crippen LogP contribution < -0.4 is 5.32 Å². The number of nitrogens with one attached hydrogen (secondary N) is 1. The van der Waals surface area contributed by atoms with E-state index < -0.39 is 12.0 Å². The number of amides is 2. The summed E-state index contributed by atoms with van der Waals surface area (Å²) in [5.74, 6) is 2.21. The summed E-state index contributed by atoms with van der Waals surface area (Å²) in [4.78, 5) is 38.6. The van der Waals surface area contributed by atoms with Gasteiger partial charge in [-0.1, -0.05) is 0 Å². The van der Waals surface area contributed by atoms with Crippen LogP contribution in [0, 0.1) is 17.8 Å². The van der Waals surface area contributed by atoms with Gasteiger partial charge in [0.2, 0.25) is 5.91 Å². The predicted octanol–water partition coefficient (Wildman–Crippen LogP) is 2.07. The van der Waals surface area contributed by atoms with Gasteiger partial charge in [-0.25, -0.2) is 4.79 Å². The highest BCUT2D eigenvalue weighted by molar-refractivity contribution is 8.01. The van der Waals surface area contributed by atoms with Crippen LogP contribution in [0.3, 0.4) is 0 Å². The van der Waals surface area contributed by atoms with Gasteiger partial charge in [0.1, 0.15) is 6.04 Å². The van der Waals surface area contributed by atoms with E-state index in [4.69, 9.17) is 4.74 Å². The van der Waals surface area contributed by atoms with E-state index in [1.54, 1.807) is 16.7 Å². The van der Waals surface area contributed by atoms with Crippen molar-refractivity contribution in [3.05, 3.63) is 0 Å². The number of hydrogen-bond donors (Lipinski definition) is 1. The van der Waals surface area contributed by atoms with Gasteiger partial charge in [0.25, 0.3) is 5.91 Å². The summed E-state index contributed by atoms with van der Waals surface area (Å²) in [7, 11) is 0. The van der Waals surface area contributed by atoms with Crippen molar-refractivity contribution in [3.8, 4) is 0 Å². The summed E-state index contributed by atoms with van der Waals surface area (Å²) in [5, 5.41) is 3.23. The van der Waals surface area contributed by atoms with Crippen LogP contribution in [0.5, 0.6) is 0 Å². The molecule has 148 valence electrons. The van der Waals surface area contributed by atoms with Gasteiger partial charge in [-0.3, -0.25) is 9.59 Å². The summed E-state index contributed by atoms with van der Waals surface area (Å²) >= 11 is 1.64. The summed E-state index contributed by atoms with van der Waals surface area (Å²) in [6, 6.07) is -0.553. The van der Waals surface area contributed by atoms with Crippen molar-refractivity contribution in [1.82, 2.24) is 10.2 Å². The molecular formula is C20H28N2O4S. The molecule has 2 amide bonds. The molecule has 4 aliphatic carbocycles. The van der Waals surface area contributed by atoms with Gasteiger partial charge in [-0.05, 0) is 69.6 Å². The van der Waals surface area contributed by atoms with Crippen LogP contribution in [0.1, 0.15) is 58.3 Å². The zero-order valence-electron chi connectivity index (χ0n) is 15.9. The number of hydrogen-bond acceptors (Lipinski definition) is 5. The number of carbonyl (C=O) groups is 3. The SMILES string of the molecule is C[C@@]12CCC(=O)N1[C@@H](C(=O)OCC(=O)NC13CC4CC(CC(C4)C1)C3)CS2. The van der Waals surface area contributed by atoms with E-state index in [-0.39, 0.29) is 28.8 Å². The molecular weight excluding hydrogens is 364 g/mol. The lowest BCUT2D eigenvalue weighted by atomic mass is 9.53. The molecule has 6 rings (SSSR count). The van der Waals surface area contributed by atoms with E-state index in [1.807, 2.05) is 6.92 Å². The molecule has 6 aliphatic rings. The lowest BCUT2D eigenvalue weighted by molar-refractivity contribution is -0.157. The van der Waals surface area contributed by atoms with Crippen molar-refractivity contribution in [2.45, 2.75) is 74.7 Å². The van der Waals surface area contributed by atoms with Crippen LogP contribution >= 0.6 is 11.8 Å². The second-order valence-electron chi connectivity index (χ2n) is 9.62. The van der Waals surface area contributed by atoms with Gasteiger partial charge in [0.15, 0.2) is 6.61 Å². The Kier molecular flexibility index (Phi) is 4.05. The lowest BCUT2D eigenvalue weighted by Crippen LogP contribution is -2.60. The van der Waals surface area contributed by atoms with Crippen molar-refractivity contribution >= 4 is 29.5 Å². The monoisotopic (exact) mass is 392 g/mol. The molecule has 1 N–H and O–H groups in total. The van der Waals surface area contributed by atoms with E-state index in [9.17, 15) is 14.4 Å². The minimum Gasteiger partial charge on any atom is -0.454 e. The zero-order valence-corrected chi connectivity index (χ0v) is 16.7. The minimum absolute atomic E-state index is 0.0162. The van der Waals surface area contributed by atoms with Gasteiger partial charge >= 0.3 is 5.97 Å². The summed E-state index contributed by atoms with van der Waals surface area (Å²) in [6.07, 6.45) is 8.48. The number of ether oxygens (including phenoxy) is 1. The molecule has 27 heavy (non-hydrogen) atoms. The van der Waals surface area contributed by atoms with E-state index >= 15 is 0 Å². The third-order valence-corrected chi connectivity index (χ3v) is 9.01. The first-order valence-electron chi connectivity index (χ1n) is 10.3.